The normalized spacial score (nSPS) is 20.5. The van der Waals surface area contributed by atoms with Gasteiger partial charge in [-0.25, -0.2) is 4.98 Å². The quantitative estimate of drug-likeness (QED) is 0.788. The molecule has 3 aromatic rings. The second kappa shape index (κ2) is 6.09. The molecule has 124 valence electrons. The maximum absolute atomic E-state index is 12.5. The van der Waals surface area contributed by atoms with Crippen LogP contribution in [-0.2, 0) is 11.2 Å². The molecule has 1 fully saturated rings. The summed E-state index contributed by atoms with van der Waals surface area (Å²) in [6, 6.07) is 5.49. The fraction of sp³-hybridized carbons (Fsp3) is 0.353. The van der Waals surface area contributed by atoms with Gasteiger partial charge in [0.1, 0.15) is 11.4 Å². The summed E-state index contributed by atoms with van der Waals surface area (Å²) in [5.41, 5.74) is 2.27. The van der Waals surface area contributed by atoms with Crippen molar-refractivity contribution < 1.29 is 14.1 Å². The smallest absolute Gasteiger partial charge is 0.253 e. The number of fused-ring (bicyclic) bond motifs is 1. The Balaban J connectivity index is 1.45. The SMILES string of the molecule is Cc1cc(C[C@@H]2COC[C@@H]2NC(=O)c2ccc3nccn3c2)on1. The first-order valence-electron chi connectivity index (χ1n) is 7.92. The summed E-state index contributed by atoms with van der Waals surface area (Å²) in [5, 5.41) is 6.97. The zero-order chi connectivity index (χ0) is 16.5. The van der Waals surface area contributed by atoms with Crippen LogP contribution in [0.1, 0.15) is 21.8 Å². The Morgan fingerprint density at radius 1 is 1.42 bits per heavy atom. The lowest BCUT2D eigenvalue weighted by molar-refractivity contribution is 0.0924. The number of hydrogen-bond acceptors (Lipinski definition) is 5. The van der Waals surface area contributed by atoms with Gasteiger partial charge in [0.25, 0.3) is 5.91 Å². The lowest BCUT2D eigenvalue weighted by Crippen LogP contribution is -2.40. The van der Waals surface area contributed by atoms with Crippen LogP contribution in [-0.4, -0.2) is 39.7 Å². The van der Waals surface area contributed by atoms with E-state index in [9.17, 15) is 4.79 Å². The average molecular weight is 326 g/mol. The van der Waals surface area contributed by atoms with Crippen molar-refractivity contribution in [3.05, 3.63) is 53.8 Å². The number of imidazole rings is 1. The highest BCUT2D eigenvalue weighted by atomic mass is 16.5. The van der Waals surface area contributed by atoms with E-state index in [1.807, 2.05) is 29.7 Å². The molecule has 7 nitrogen and oxygen atoms in total. The van der Waals surface area contributed by atoms with Gasteiger partial charge in [-0.1, -0.05) is 5.16 Å². The van der Waals surface area contributed by atoms with E-state index in [1.54, 1.807) is 18.5 Å². The molecule has 0 aromatic carbocycles. The highest BCUT2D eigenvalue weighted by Crippen LogP contribution is 2.20. The average Bonchev–Trinajstić information content (AvgIpc) is 3.29. The third-order valence-electron chi connectivity index (χ3n) is 4.31. The van der Waals surface area contributed by atoms with Crippen LogP contribution in [0.2, 0.25) is 0 Å². The van der Waals surface area contributed by atoms with Crippen LogP contribution in [0.15, 0.2) is 41.3 Å². The molecule has 1 aliphatic rings. The number of rotatable bonds is 4. The minimum Gasteiger partial charge on any atom is -0.379 e. The maximum atomic E-state index is 12.5. The van der Waals surface area contributed by atoms with E-state index in [0.29, 0.717) is 25.2 Å². The summed E-state index contributed by atoms with van der Waals surface area (Å²) in [6.45, 7) is 3.01. The third kappa shape index (κ3) is 2.90. The van der Waals surface area contributed by atoms with E-state index >= 15 is 0 Å². The van der Waals surface area contributed by atoms with Crippen molar-refractivity contribution in [3.63, 3.8) is 0 Å². The Morgan fingerprint density at radius 3 is 3.17 bits per heavy atom. The summed E-state index contributed by atoms with van der Waals surface area (Å²) in [5.74, 6) is 0.889. The second-order valence-corrected chi connectivity index (χ2v) is 6.13. The number of aromatic nitrogens is 3. The fourth-order valence-electron chi connectivity index (χ4n) is 3.04. The summed E-state index contributed by atoms with van der Waals surface area (Å²) < 4.78 is 12.7. The summed E-state index contributed by atoms with van der Waals surface area (Å²) in [4.78, 5) is 16.7. The zero-order valence-electron chi connectivity index (χ0n) is 13.3. The van der Waals surface area contributed by atoms with Crippen LogP contribution in [0, 0.1) is 12.8 Å². The summed E-state index contributed by atoms with van der Waals surface area (Å²) >= 11 is 0. The number of nitrogens with one attached hydrogen (secondary N) is 1. The first-order valence-corrected chi connectivity index (χ1v) is 7.92. The molecular weight excluding hydrogens is 308 g/mol. The number of hydrogen-bond donors (Lipinski definition) is 1. The molecule has 1 N–H and O–H groups in total. The highest BCUT2D eigenvalue weighted by Gasteiger charge is 2.31. The molecule has 0 radical (unpaired) electrons. The first-order chi connectivity index (χ1) is 11.7. The van der Waals surface area contributed by atoms with Gasteiger partial charge in [-0.2, -0.15) is 0 Å². The van der Waals surface area contributed by atoms with Gasteiger partial charge in [0.2, 0.25) is 0 Å². The van der Waals surface area contributed by atoms with Gasteiger partial charge in [0.05, 0.1) is 30.5 Å². The topological polar surface area (TPSA) is 81.7 Å². The van der Waals surface area contributed by atoms with Crippen molar-refractivity contribution in [2.45, 2.75) is 19.4 Å². The number of nitrogens with zero attached hydrogens (tertiary/aromatic N) is 3. The molecule has 4 heterocycles. The standard InChI is InChI=1S/C17H18N4O3/c1-11-6-14(24-20-11)7-13-9-23-10-15(13)19-17(22)12-2-3-16-18-4-5-21(16)8-12/h2-6,8,13,15H,7,9-10H2,1H3,(H,19,22)/t13-,15+/m1/s1. The maximum Gasteiger partial charge on any atom is 0.253 e. The molecule has 4 rings (SSSR count). The van der Waals surface area contributed by atoms with E-state index in [-0.39, 0.29) is 17.9 Å². The van der Waals surface area contributed by atoms with Gasteiger partial charge < -0.3 is 19.0 Å². The van der Waals surface area contributed by atoms with Gasteiger partial charge in [0.15, 0.2) is 0 Å². The van der Waals surface area contributed by atoms with E-state index in [1.165, 1.54) is 0 Å². The number of ether oxygens (including phenoxy) is 1. The number of amides is 1. The molecule has 1 saturated heterocycles. The van der Waals surface area contributed by atoms with Crippen molar-refractivity contribution in [2.75, 3.05) is 13.2 Å². The molecule has 1 aliphatic heterocycles. The summed E-state index contributed by atoms with van der Waals surface area (Å²) in [6.07, 6.45) is 6.01. The molecule has 0 saturated carbocycles. The first kappa shape index (κ1) is 14.9. The van der Waals surface area contributed by atoms with Crippen LogP contribution in [0.25, 0.3) is 5.65 Å². The molecule has 2 atom stereocenters. The molecule has 0 unspecified atom stereocenters. The molecule has 0 spiro atoms. The Morgan fingerprint density at radius 2 is 2.33 bits per heavy atom. The van der Waals surface area contributed by atoms with E-state index < -0.39 is 0 Å². The predicted octanol–water partition coefficient (Wildman–Crippen LogP) is 1.62. The summed E-state index contributed by atoms with van der Waals surface area (Å²) in [7, 11) is 0. The highest BCUT2D eigenvalue weighted by molar-refractivity contribution is 5.94. The number of pyridine rings is 1. The van der Waals surface area contributed by atoms with Crippen molar-refractivity contribution in [3.8, 4) is 0 Å². The van der Waals surface area contributed by atoms with Gasteiger partial charge in [-0.15, -0.1) is 0 Å². The third-order valence-corrected chi connectivity index (χ3v) is 4.31. The van der Waals surface area contributed by atoms with Gasteiger partial charge in [-0.3, -0.25) is 4.79 Å². The van der Waals surface area contributed by atoms with Crippen LogP contribution < -0.4 is 5.32 Å². The Kier molecular flexibility index (Phi) is 3.78. The van der Waals surface area contributed by atoms with Crippen LogP contribution in [0.4, 0.5) is 0 Å². The van der Waals surface area contributed by atoms with Crippen LogP contribution in [0.5, 0.6) is 0 Å². The fourth-order valence-corrected chi connectivity index (χ4v) is 3.04. The van der Waals surface area contributed by atoms with Crippen LogP contribution >= 0.6 is 0 Å². The zero-order valence-corrected chi connectivity index (χ0v) is 13.3. The van der Waals surface area contributed by atoms with E-state index in [4.69, 9.17) is 9.26 Å². The van der Waals surface area contributed by atoms with Crippen molar-refractivity contribution in [1.29, 1.82) is 0 Å². The van der Waals surface area contributed by atoms with Gasteiger partial charge >= 0.3 is 0 Å². The monoisotopic (exact) mass is 326 g/mol. The number of aryl methyl sites for hydroxylation is 1. The number of carbonyl (C=O) groups excluding carboxylic acids is 1. The van der Waals surface area contributed by atoms with Crippen molar-refractivity contribution in [1.82, 2.24) is 19.9 Å². The second-order valence-electron chi connectivity index (χ2n) is 6.13. The molecule has 0 bridgehead atoms. The molecule has 7 heteroatoms. The van der Waals surface area contributed by atoms with Crippen molar-refractivity contribution in [2.24, 2.45) is 5.92 Å². The molecule has 1 amide bonds. The molecule has 0 aliphatic carbocycles. The van der Waals surface area contributed by atoms with E-state index in [2.05, 4.69) is 15.5 Å². The van der Waals surface area contributed by atoms with Gasteiger partial charge in [0, 0.05) is 37.0 Å². The Bertz CT molecular complexity index is 869. The number of carbonyl (C=O) groups is 1. The van der Waals surface area contributed by atoms with Gasteiger partial charge in [-0.05, 0) is 19.1 Å². The molecule has 3 aromatic heterocycles. The predicted molar refractivity (Wildman–Crippen MR) is 85.7 cm³/mol. The molecular formula is C17H18N4O3. The lowest BCUT2D eigenvalue weighted by Gasteiger charge is -2.18. The minimum absolute atomic E-state index is 0.0404. The Hall–Kier alpha value is -2.67. The van der Waals surface area contributed by atoms with E-state index in [0.717, 1.165) is 17.1 Å². The lowest BCUT2D eigenvalue weighted by atomic mass is 9.98. The van der Waals surface area contributed by atoms with Crippen molar-refractivity contribution >= 4 is 11.6 Å². The minimum atomic E-state index is -0.111. The molecule has 24 heavy (non-hydrogen) atoms. The van der Waals surface area contributed by atoms with Crippen LogP contribution in [0.3, 0.4) is 0 Å². The Labute approximate surface area is 138 Å². The largest absolute Gasteiger partial charge is 0.379 e.